The molecule has 1 aliphatic rings. The van der Waals surface area contributed by atoms with Gasteiger partial charge in [0, 0.05) is 26.0 Å². The molecule has 1 atom stereocenters. The molecule has 5 nitrogen and oxygen atoms in total. The van der Waals surface area contributed by atoms with Crippen molar-refractivity contribution >= 4 is 12.2 Å². The molecule has 1 fully saturated rings. The number of hydrogen-bond donors (Lipinski definition) is 0. The van der Waals surface area contributed by atoms with Crippen LogP contribution in [0.25, 0.3) is 0 Å². The van der Waals surface area contributed by atoms with E-state index in [2.05, 4.69) is 9.97 Å². The summed E-state index contributed by atoms with van der Waals surface area (Å²) in [5.41, 5.74) is 0.495. The van der Waals surface area contributed by atoms with Crippen LogP contribution in [-0.4, -0.2) is 42.6 Å². The highest BCUT2D eigenvalue weighted by molar-refractivity contribution is 5.73. The van der Waals surface area contributed by atoms with Gasteiger partial charge in [-0.2, -0.15) is 0 Å². The van der Waals surface area contributed by atoms with E-state index in [-0.39, 0.29) is 0 Å². The second kappa shape index (κ2) is 4.35. The third kappa shape index (κ3) is 2.12. The van der Waals surface area contributed by atoms with E-state index in [4.69, 9.17) is 4.74 Å². The SMILES string of the molecule is CN(c1ncc(C=O)cn1)C1CCOC1. The molecule has 0 aromatic carbocycles. The maximum atomic E-state index is 10.4. The van der Waals surface area contributed by atoms with E-state index in [0.29, 0.717) is 17.6 Å². The van der Waals surface area contributed by atoms with Gasteiger partial charge >= 0.3 is 0 Å². The topological polar surface area (TPSA) is 55.3 Å². The molecule has 2 heterocycles. The number of aldehydes is 1. The number of likely N-dealkylation sites (N-methyl/N-ethyl adjacent to an activating group) is 1. The quantitative estimate of drug-likeness (QED) is 0.676. The van der Waals surface area contributed by atoms with E-state index >= 15 is 0 Å². The first-order chi connectivity index (χ1) is 7.31. The van der Waals surface area contributed by atoms with Crippen LogP contribution in [0.4, 0.5) is 5.95 Å². The summed E-state index contributed by atoms with van der Waals surface area (Å²) in [7, 11) is 1.94. The molecule has 5 heteroatoms. The smallest absolute Gasteiger partial charge is 0.225 e. The molecule has 0 spiro atoms. The summed E-state index contributed by atoms with van der Waals surface area (Å²) >= 11 is 0. The zero-order valence-corrected chi connectivity index (χ0v) is 8.59. The molecular weight excluding hydrogens is 194 g/mol. The molecule has 0 aliphatic carbocycles. The summed E-state index contributed by atoms with van der Waals surface area (Å²) < 4.78 is 5.29. The number of aromatic nitrogens is 2. The minimum atomic E-state index is 0.340. The predicted octanol–water partition coefficient (Wildman–Crippen LogP) is 0.514. The first kappa shape index (κ1) is 10.0. The van der Waals surface area contributed by atoms with Gasteiger partial charge in [-0.15, -0.1) is 0 Å². The van der Waals surface area contributed by atoms with Crippen molar-refractivity contribution in [1.82, 2.24) is 9.97 Å². The van der Waals surface area contributed by atoms with Gasteiger partial charge in [-0.1, -0.05) is 0 Å². The van der Waals surface area contributed by atoms with Crippen molar-refractivity contribution in [3.8, 4) is 0 Å². The second-order valence-corrected chi connectivity index (χ2v) is 3.56. The van der Waals surface area contributed by atoms with Gasteiger partial charge in [0.15, 0.2) is 6.29 Å². The van der Waals surface area contributed by atoms with Gasteiger partial charge < -0.3 is 9.64 Å². The molecule has 1 aromatic rings. The van der Waals surface area contributed by atoms with E-state index in [0.717, 1.165) is 25.9 Å². The molecule has 0 amide bonds. The number of anilines is 1. The number of carbonyl (C=O) groups is 1. The molecule has 0 bridgehead atoms. The summed E-state index contributed by atoms with van der Waals surface area (Å²) in [5, 5.41) is 0. The lowest BCUT2D eigenvalue weighted by molar-refractivity contribution is 0.112. The Labute approximate surface area is 88.1 Å². The van der Waals surface area contributed by atoms with Gasteiger partial charge in [0.05, 0.1) is 18.2 Å². The Hall–Kier alpha value is -1.49. The zero-order valence-electron chi connectivity index (χ0n) is 8.59. The Bertz CT molecular complexity index is 333. The summed E-state index contributed by atoms with van der Waals surface area (Å²) in [6.45, 7) is 1.51. The van der Waals surface area contributed by atoms with Crippen LogP contribution in [0, 0.1) is 0 Å². The van der Waals surface area contributed by atoms with Crippen molar-refractivity contribution in [2.45, 2.75) is 12.5 Å². The molecule has 2 rings (SSSR count). The van der Waals surface area contributed by atoms with Crippen LogP contribution in [0.15, 0.2) is 12.4 Å². The predicted molar refractivity (Wildman–Crippen MR) is 55.0 cm³/mol. The average molecular weight is 207 g/mol. The fourth-order valence-electron chi connectivity index (χ4n) is 1.57. The lowest BCUT2D eigenvalue weighted by Crippen LogP contribution is -2.33. The van der Waals surface area contributed by atoms with Crippen LogP contribution >= 0.6 is 0 Å². The highest BCUT2D eigenvalue weighted by atomic mass is 16.5. The van der Waals surface area contributed by atoms with E-state index in [1.807, 2.05) is 11.9 Å². The van der Waals surface area contributed by atoms with E-state index in [1.54, 1.807) is 0 Å². The number of carbonyl (C=O) groups excluding carboxylic acids is 1. The first-order valence-corrected chi connectivity index (χ1v) is 4.89. The average Bonchev–Trinajstić information content (AvgIpc) is 2.82. The Kier molecular flexibility index (Phi) is 2.91. The molecular formula is C10H13N3O2. The van der Waals surface area contributed by atoms with Crippen molar-refractivity contribution in [2.75, 3.05) is 25.2 Å². The highest BCUT2D eigenvalue weighted by Crippen LogP contribution is 2.15. The molecule has 80 valence electrons. The fourth-order valence-corrected chi connectivity index (χ4v) is 1.57. The first-order valence-electron chi connectivity index (χ1n) is 4.89. The molecule has 1 aliphatic heterocycles. The third-order valence-corrected chi connectivity index (χ3v) is 2.56. The van der Waals surface area contributed by atoms with Crippen molar-refractivity contribution in [3.63, 3.8) is 0 Å². The van der Waals surface area contributed by atoms with Crippen LogP contribution in [0.1, 0.15) is 16.8 Å². The van der Waals surface area contributed by atoms with Crippen LogP contribution in [0.2, 0.25) is 0 Å². The van der Waals surface area contributed by atoms with Crippen molar-refractivity contribution in [3.05, 3.63) is 18.0 Å². The molecule has 0 N–H and O–H groups in total. The van der Waals surface area contributed by atoms with Crippen LogP contribution in [0.5, 0.6) is 0 Å². The Balaban J connectivity index is 2.10. The minimum absolute atomic E-state index is 0.340. The van der Waals surface area contributed by atoms with Crippen molar-refractivity contribution < 1.29 is 9.53 Å². The Morgan fingerprint density at radius 1 is 1.53 bits per heavy atom. The monoisotopic (exact) mass is 207 g/mol. The van der Waals surface area contributed by atoms with Crippen molar-refractivity contribution in [1.29, 1.82) is 0 Å². The summed E-state index contributed by atoms with van der Waals surface area (Å²) in [4.78, 5) is 20.7. The molecule has 0 saturated carbocycles. The van der Waals surface area contributed by atoms with Gasteiger partial charge in [0.1, 0.15) is 0 Å². The standard InChI is InChI=1S/C10H13N3O2/c1-13(9-2-3-15-7-9)10-11-4-8(6-14)5-12-10/h4-6,9H,2-3,7H2,1H3. The Morgan fingerprint density at radius 3 is 2.80 bits per heavy atom. The fraction of sp³-hybridized carbons (Fsp3) is 0.500. The summed E-state index contributed by atoms with van der Waals surface area (Å²) in [6.07, 6.45) is 4.79. The van der Waals surface area contributed by atoms with Crippen molar-refractivity contribution in [2.24, 2.45) is 0 Å². The van der Waals surface area contributed by atoms with E-state index in [1.165, 1.54) is 12.4 Å². The lowest BCUT2D eigenvalue weighted by atomic mass is 10.2. The number of hydrogen-bond acceptors (Lipinski definition) is 5. The maximum absolute atomic E-state index is 10.4. The lowest BCUT2D eigenvalue weighted by Gasteiger charge is -2.22. The normalized spacial score (nSPS) is 20.2. The van der Waals surface area contributed by atoms with Gasteiger partial charge in [0.25, 0.3) is 0 Å². The Morgan fingerprint density at radius 2 is 2.27 bits per heavy atom. The zero-order chi connectivity index (χ0) is 10.7. The van der Waals surface area contributed by atoms with Gasteiger partial charge in [-0.05, 0) is 6.42 Å². The number of rotatable bonds is 3. The third-order valence-electron chi connectivity index (χ3n) is 2.56. The molecule has 1 saturated heterocycles. The summed E-state index contributed by atoms with van der Waals surface area (Å²) in [6, 6.07) is 0.340. The molecule has 15 heavy (non-hydrogen) atoms. The van der Waals surface area contributed by atoms with Crippen LogP contribution in [0.3, 0.4) is 0 Å². The van der Waals surface area contributed by atoms with Gasteiger partial charge in [-0.3, -0.25) is 4.79 Å². The number of ether oxygens (including phenoxy) is 1. The minimum Gasteiger partial charge on any atom is -0.379 e. The molecule has 0 radical (unpaired) electrons. The summed E-state index contributed by atoms with van der Waals surface area (Å²) in [5.74, 6) is 0.635. The van der Waals surface area contributed by atoms with Gasteiger partial charge in [0.2, 0.25) is 5.95 Å². The van der Waals surface area contributed by atoms with Crippen LogP contribution < -0.4 is 4.90 Å². The number of nitrogens with zero attached hydrogens (tertiary/aromatic N) is 3. The molecule has 1 unspecified atom stereocenters. The largest absolute Gasteiger partial charge is 0.379 e. The van der Waals surface area contributed by atoms with Crippen LogP contribution in [-0.2, 0) is 4.74 Å². The molecule has 1 aromatic heterocycles. The van der Waals surface area contributed by atoms with E-state index in [9.17, 15) is 4.79 Å². The second-order valence-electron chi connectivity index (χ2n) is 3.56. The maximum Gasteiger partial charge on any atom is 0.225 e. The highest BCUT2D eigenvalue weighted by Gasteiger charge is 2.21. The van der Waals surface area contributed by atoms with E-state index < -0.39 is 0 Å². The van der Waals surface area contributed by atoms with Gasteiger partial charge in [-0.25, -0.2) is 9.97 Å².